The van der Waals surface area contributed by atoms with E-state index in [1.165, 1.54) is 15.4 Å². The molecule has 9 nitrogen and oxygen atoms in total. The molecule has 12 heteroatoms. The molecule has 2 heterocycles. The van der Waals surface area contributed by atoms with Crippen LogP contribution in [0.3, 0.4) is 0 Å². The molecular formula is C20H17F2N7O2S. The summed E-state index contributed by atoms with van der Waals surface area (Å²) >= 11 is 1.00. The number of para-hydroxylation sites is 1. The molecule has 0 fully saturated rings. The predicted molar refractivity (Wildman–Crippen MR) is 114 cm³/mol. The standard InChI is InChI=1S/C20H17F2N7O2S/c1-12-18(19(31)29(27(12)2)14-6-4-3-5-7-14)28-20(24-25-26-28)32-11-17(30)23-13-8-9-15(21)16(22)10-13/h3-10H,11H2,1-2H3,(H,23,30). The van der Waals surface area contributed by atoms with E-state index in [1.54, 1.807) is 18.7 Å². The smallest absolute Gasteiger partial charge is 0.297 e. The fourth-order valence-electron chi connectivity index (χ4n) is 3.11. The van der Waals surface area contributed by atoms with Gasteiger partial charge in [-0.25, -0.2) is 13.5 Å². The lowest BCUT2D eigenvalue weighted by Gasteiger charge is -2.07. The average Bonchev–Trinajstić information content (AvgIpc) is 3.31. The number of tetrazole rings is 1. The highest BCUT2D eigenvalue weighted by atomic mass is 32.2. The van der Waals surface area contributed by atoms with Gasteiger partial charge in [-0.2, -0.15) is 4.68 Å². The van der Waals surface area contributed by atoms with Crippen molar-refractivity contribution in [2.45, 2.75) is 12.1 Å². The van der Waals surface area contributed by atoms with Crippen molar-refractivity contribution in [2.75, 3.05) is 11.1 Å². The maximum atomic E-state index is 13.3. The van der Waals surface area contributed by atoms with E-state index < -0.39 is 17.5 Å². The summed E-state index contributed by atoms with van der Waals surface area (Å²) in [7, 11) is 1.75. The topological polar surface area (TPSA) is 99.6 Å². The van der Waals surface area contributed by atoms with Gasteiger partial charge in [0.2, 0.25) is 11.1 Å². The van der Waals surface area contributed by atoms with Crippen LogP contribution in [0.5, 0.6) is 0 Å². The second kappa shape index (κ2) is 8.75. The number of nitrogens with one attached hydrogen (secondary N) is 1. The third kappa shape index (κ3) is 4.04. The second-order valence-electron chi connectivity index (χ2n) is 6.75. The van der Waals surface area contributed by atoms with Crippen molar-refractivity contribution in [1.29, 1.82) is 0 Å². The van der Waals surface area contributed by atoms with Gasteiger partial charge >= 0.3 is 0 Å². The number of nitrogens with zero attached hydrogens (tertiary/aromatic N) is 6. The molecule has 0 unspecified atom stereocenters. The quantitative estimate of drug-likeness (QED) is 0.447. The highest BCUT2D eigenvalue weighted by Gasteiger charge is 2.22. The van der Waals surface area contributed by atoms with Crippen LogP contribution in [0.2, 0.25) is 0 Å². The fraction of sp³-hybridized carbons (Fsp3) is 0.150. The zero-order valence-corrected chi connectivity index (χ0v) is 17.8. The molecule has 4 rings (SSSR count). The van der Waals surface area contributed by atoms with Crippen LogP contribution in [0.25, 0.3) is 11.4 Å². The van der Waals surface area contributed by atoms with Crippen molar-refractivity contribution in [2.24, 2.45) is 7.05 Å². The van der Waals surface area contributed by atoms with E-state index >= 15 is 0 Å². The Morgan fingerprint density at radius 1 is 1.12 bits per heavy atom. The van der Waals surface area contributed by atoms with Gasteiger partial charge in [0.15, 0.2) is 17.3 Å². The summed E-state index contributed by atoms with van der Waals surface area (Å²) < 4.78 is 30.8. The first-order valence-corrected chi connectivity index (χ1v) is 10.4. The highest BCUT2D eigenvalue weighted by Crippen LogP contribution is 2.20. The summed E-state index contributed by atoms with van der Waals surface area (Å²) in [4.78, 5) is 25.4. The number of rotatable bonds is 6. The summed E-state index contributed by atoms with van der Waals surface area (Å²) in [6, 6.07) is 12.2. The second-order valence-corrected chi connectivity index (χ2v) is 7.69. The first-order valence-electron chi connectivity index (χ1n) is 9.37. The third-order valence-corrected chi connectivity index (χ3v) is 5.63. The molecule has 1 N–H and O–H groups in total. The molecule has 0 spiro atoms. The number of benzene rings is 2. The molecular weight excluding hydrogens is 440 g/mol. The van der Waals surface area contributed by atoms with Gasteiger partial charge in [0.25, 0.3) is 5.56 Å². The van der Waals surface area contributed by atoms with Crippen LogP contribution in [0, 0.1) is 18.6 Å². The third-order valence-electron chi connectivity index (χ3n) is 4.71. The lowest BCUT2D eigenvalue weighted by molar-refractivity contribution is -0.113. The molecule has 32 heavy (non-hydrogen) atoms. The van der Waals surface area contributed by atoms with Gasteiger partial charge < -0.3 is 5.32 Å². The monoisotopic (exact) mass is 457 g/mol. The Hall–Kier alpha value is -3.80. The van der Waals surface area contributed by atoms with Crippen molar-refractivity contribution >= 4 is 23.4 Å². The van der Waals surface area contributed by atoms with E-state index in [1.807, 2.05) is 30.3 Å². The summed E-state index contributed by atoms with van der Waals surface area (Å²) in [6.07, 6.45) is 0. The largest absolute Gasteiger partial charge is 0.325 e. The van der Waals surface area contributed by atoms with Gasteiger partial charge in [0.05, 0.1) is 17.1 Å². The number of carbonyl (C=O) groups is 1. The minimum absolute atomic E-state index is 0.113. The predicted octanol–water partition coefficient (Wildman–Crippen LogP) is 2.47. The van der Waals surface area contributed by atoms with E-state index in [0.717, 1.165) is 23.9 Å². The highest BCUT2D eigenvalue weighted by molar-refractivity contribution is 7.99. The molecule has 164 valence electrons. The van der Waals surface area contributed by atoms with Gasteiger partial charge in [-0.1, -0.05) is 30.0 Å². The van der Waals surface area contributed by atoms with Crippen molar-refractivity contribution in [3.05, 3.63) is 76.2 Å². The Balaban J connectivity index is 1.56. The number of carbonyl (C=O) groups excluding carboxylic acids is 1. The van der Waals surface area contributed by atoms with Gasteiger partial charge in [0.1, 0.15) is 0 Å². The van der Waals surface area contributed by atoms with Crippen molar-refractivity contribution < 1.29 is 13.6 Å². The van der Waals surface area contributed by atoms with Crippen LogP contribution in [0.15, 0.2) is 58.5 Å². The van der Waals surface area contributed by atoms with E-state index in [-0.39, 0.29) is 27.8 Å². The van der Waals surface area contributed by atoms with Crippen LogP contribution in [-0.2, 0) is 11.8 Å². The molecule has 0 aliphatic heterocycles. The molecule has 0 atom stereocenters. The minimum Gasteiger partial charge on any atom is -0.325 e. The van der Waals surface area contributed by atoms with Crippen LogP contribution in [0.1, 0.15) is 5.69 Å². The number of hydrogen-bond donors (Lipinski definition) is 1. The molecule has 0 saturated heterocycles. The SMILES string of the molecule is Cc1c(-n2nnnc2SCC(=O)Nc2ccc(F)c(F)c2)c(=O)n(-c2ccccc2)n1C. The Morgan fingerprint density at radius 2 is 1.88 bits per heavy atom. The Labute approximate surface area is 184 Å². The number of anilines is 1. The number of hydrogen-bond acceptors (Lipinski definition) is 6. The lowest BCUT2D eigenvalue weighted by atomic mass is 10.3. The molecule has 1 amide bonds. The van der Waals surface area contributed by atoms with E-state index in [2.05, 4.69) is 20.8 Å². The van der Waals surface area contributed by atoms with Gasteiger partial charge in [-0.15, -0.1) is 5.10 Å². The number of halogens is 2. The molecule has 4 aromatic rings. The Kier molecular flexibility index (Phi) is 5.86. The zero-order chi connectivity index (χ0) is 22.8. The lowest BCUT2D eigenvalue weighted by Crippen LogP contribution is -2.22. The van der Waals surface area contributed by atoms with Crippen LogP contribution in [0.4, 0.5) is 14.5 Å². The van der Waals surface area contributed by atoms with E-state index in [4.69, 9.17) is 0 Å². The maximum Gasteiger partial charge on any atom is 0.297 e. The normalized spacial score (nSPS) is 11.0. The average molecular weight is 457 g/mol. The van der Waals surface area contributed by atoms with Crippen LogP contribution >= 0.6 is 11.8 Å². The van der Waals surface area contributed by atoms with Crippen LogP contribution < -0.4 is 10.9 Å². The van der Waals surface area contributed by atoms with Crippen molar-refractivity contribution in [1.82, 2.24) is 29.6 Å². The summed E-state index contributed by atoms with van der Waals surface area (Å²) in [6.45, 7) is 1.77. The summed E-state index contributed by atoms with van der Waals surface area (Å²) in [5, 5.41) is 14.2. The zero-order valence-electron chi connectivity index (χ0n) is 17.0. The first kappa shape index (κ1) is 21.4. The number of amides is 1. The van der Waals surface area contributed by atoms with Crippen molar-refractivity contribution in [3.63, 3.8) is 0 Å². The van der Waals surface area contributed by atoms with E-state index in [0.29, 0.717) is 11.4 Å². The van der Waals surface area contributed by atoms with E-state index in [9.17, 15) is 18.4 Å². The maximum absolute atomic E-state index is 13.3. The van der Waals surface area contributed by atoms with Gasteiger partial charge in [0, 0.05) is 18.8 Å². The molecule has 0 aliphatic rings. The van der Waals surface area contributed by atoms with Gasteiger partial charge in [-0.05, 0) is 41.6 Å². The molecule has 0 saturated carbocycles. The molecule has 0 bridgehead atoms. The first-order chi connectivity index (χ1) is 15.4. The van der Waals surface area contributed by atoms with Crippen LogP contribution in [-0.4, -0.2) is 41.2 Å². The molecule has 0 aliphatic carbocycles. The van der Waals surface area contributed by atoms with Crippen molar-refractivity contribution in [3.8, 4) is 11.4 Å². The minimum atomic E-state index is -1.06. The molecule has 2 aromatic heterocycles. The number of thioether (sulfide) groups is 1. The fourth-order valence-corrected chi connectivity index (χ4v) is 3.79. The Bertz CT molecular complexity index is 1350. The molecule has 2 aromatic carbocycles. The number of aromatic nitrogens is 6. The summed E-state index contributed by atoms with van der Waals surface area (Å²) in [5.41, 5.74) is 1.36. The molecule has 0 radical (unpaired) electrons. The van der Waals surface area contributed by atoms with Gasteiger partial charge in [-0.3, -0.25) is 14.3 Å². The Morgan fingerprint density at radius 3 is 2.59 bits per heavy atom. The summed E-state index contributed by atoms with van der Waals surface area (Å²) in [5.74, 6) is -2.65.